The first kappa shape index (κ1) is 15.4. The Morgan fingerprint density at radius 1 is 0.941 bits per heavy atom. The van der Waals surface area contributed by atoms with Crippen LogP contribution in [0.5, 0.6) is 0 Å². The molecule has 0 aliphatic carbocycles. The molecule has 17 heavy (non-hydrogen) atoms. The molecule has 0 atom stereocenters. The predicted octanol–water partition coefficient (Wildman–Crippen LogP) is 0.178. The fourth-order valence-electron chi connectivity index (χ4n) is 1.19. The molecule has 0 spiro atoms. The van der Waals surface area contributed by atoms with Crippen LogP contribution in [0.25, 0.3) is 0 Å². The molecule has 0 aromatic carbocycles. The standard InChI is InChI=1S/C11H20N2O4/c1-12(2)9(14)5-4-6-10(15)13(3)8-7-11(16)17/h4-8H2,1-3H3,(H,16,17). The number of aliphatic carboxylic acids is 1. The van der Waals surface area contributed by atoms with Crippen LogP contribution < -0.4 is 0 Å². The topological polar surface area (TPSA) is 77.9 Å². The number of carbonyl (C=O) groups excluding carboxylic acids is 2. The van der Waals surface area contributed by atoms with Gasteiger partial charge in [-0.1, -0.05) is 0 Å². The van der Waals surface area contributed by atoms with Crippen molar-refractivity contribution in [2.75, 3.05) is 27.7 Å². The lowest BCUT2D eigenvalue weighted by atomic mass is 10.2. The molecule has 1 N–H and O–H groups in total. The summed E-state index contributed by atoms with van der Waals surface area (Å²) < 4.78 is 0. The minimum Gasteiger partial charge on any atom is -0.481 e. The van der Waals surface area contributed by atoms with Gasteiger partial charge in [0.25, 0.3) is 0 Å². The number of carboxylic acid groups (broad SMARTS) is 1. The maximum Gasteiger partial charge on any atom is 0.305 e. The fourth-order valence-corrected chi connectivity index (χ4v) is 1.19. The highest BCUT2D eigenvalue weighted by Crippen LogP contribution is 2.02. The van der Waals surface area contributed by atoms with E-state index in [4.69, 9.17) is 5.11 Å². The lowest BCUT2D eigenvalue weighted by Crippen LogP contribution is -2.29. The van der Waals surface area contributed by atoms with Crippen molar-refractivity contribution in [2.45, 2.75) is 25.7 Å². The Morgan fingerprint density at radius 3 is 1.94 bits per heavy atom. The van der Waals surface area contributed by atoms with Gasteiger partial charge in [0.2, 0.25) is 11.8 Å². The number of amides is 2. The number of nitrogens with zero attached hydrogens (tertiary/aromatic N) is 2. The Morgan fingerprint density at radius 2 is 1.47 bits per heavy atom. The Labute approximate surface area is 101 Å². The van der Waals surface area contributed by atoms with Crippen LogP contribution in [0.1, 0.15) is 25.7 Å². The number of hydrogen-bond acceptors (Lipinski definition) is 3. The van der Waals surface area contributed by atoms with Crippen LogP contribution in [0.15, 0.2) is 0 Å². The highest BCUT2D eigenvalue weighted by Gasteiger charge is 2.11. The molecule has 2 amide bonds. The predicted molar refractivity (Wildman–Crippen MR) is 62.4 cm³/mol. The SMILES string of the molecule is CN(C)C(=O)CCCC(=O)N(C)CCC(=O)O. The number of rotatable bonds is 7. The largest absolute Gasteiger partial charge is 0.481 e. The summed E-state index contributed by atoms with van der Waals surface area (Å²) in [7, 11) is 4.91. The molecule has 0 saturated heterocycles. The maximum atomic E-state index is 11.5. The summed E-state index contributed by atoms with van der Waals surface area (Å²) in [4.78, 5) is 35.9. The van der Waals surface area contributed by atoms with Crippen LogP contribution in [-0.2, 0) is 14.4 Å². The van der Waals surface area contributed by atoms with E-state index in [1.165, 1.54) is 9.80 Å². The Balaban J connectivity index is 3.78. The summed E-state index contributed by atoms with van der Waals surface area (Å²) in [5.74, 6) is -1.06. The quantitative estimate of drug-likeness (QED) is 0.693. The van der Waals surface area contributed by atoms with Crippen molar-refractivity contribution in [1.29, 1.82) is 0 Å². The van der Waals surface area contributed by atoms with Crippen molar-refractivity contribution >= 4 is 17.8 Å². The summed E-state index contributed by atoms with van der Waals surface area (Å²) >= 11 is 0. The van der Waals surface area contributed by atoms with E-state index in [1.54, 1.807) is 21.1 Å². The third kappa shape index (κ3) is 7.32. The normalized spacial score (nSPS) is 9.82. The molecule has 0 bridgehead atoms. The maximum absolute atomic E-state index is 11.5. The Bertz CT molecular complexity index is 289. The lowest BCUT2D eigenvalue weighted by Gasteiger charge is -2.16. The molecule has 0 radical (unpaired) electrons. The third-order valence-electron chi connectivity index (χ3n) is 2.37. The van der Waals surface area contributed by atoms with Crippen LogP contribution in [0.2, 0.25) is 0 Å². The number of carboxylic acids is 1. The van der Waals surface area contributed by atoms with Gasteiger partial charge in [-0.15, -0.1) is 0 Å². The fraction of sp³-hybridized carbons (Fsp3) is 0.727. The van der Waals surface area contributed by atoms with Crippen LogP contribution >= 0.6 is 0 Å². The first-order valence-electron chi connectivity index (χ1n) is 5.50. The van der Waals surface area contributed by atoms with Gasteiger partial charge in [0.05, 0.1) is 6.42 Å². The van der Waals surface area contributed by atoms with E-state index in [-0.39, 0.29) is 31.2 Å². The van der Waals surface area contributed by atoms with Gasteiger partial charge in [-0.2, -0.15) is 0 Å². The van der Waals surface area contributed by atoms with Crippen LogP contribution in [-0.4, -0.2) is 60.4 Å². The van der Waals surface area contributed by atoms with Gasteiger partial charge in [0.15, 0.2) is 0 Å². The molecule has 0 rings (SSSR count). The van der Waals surface area contributed by atoms with E-state index in [2.05, 4.69) is 0 Å². The Hall–Kier alpha value is -1.59. The second-order valence-corrected chi connectivity index (χ2v) is 4.10. The summed E-state index contributed by atoms with van der Waals surface area (Å²) in [6, 6.07) is 0. The van der Waals surface area contributed by atoms with Crippen molar-refractivity contribution in [3.8, 4) is 0 Å². The van der Waals surface area contributed by atoms with Crippen LogP contribution in [0, 0.1) is 0 Å². The minimum absolute atomic E-state index is 0.00834. The van der Waals surface area contributed by atoms with Gasteiger partial charge in [-0.05, 0) is 6.42 Å². The molecular weight excluding hydrogens is 224 g/mol. The van der Waals surface area contributed by atoms with Gasteiger partial charge in [-0.3, -0.25) is 14.4 Å². The van der Waals surface area contributed by atoms with Crippen molar-refractivity contribution in [3.63, 3.8) is 0 Å². The smallest absolute Gasteiger partial charge is 0.305 e. The molecule has 0 aromatic heterocycles. The van der Waals surface area contributed by atoms with E-state index in [9.17, 15) is 14.4 Å². The van der Waals surface area contributed by atoms with Gasteiger partial charge >= 0.3 is 5.97 Å². The number of carbonyl (C=O) groups is 3. The molecule has 98 valence electrons. The zero-order chi connectivity index (χ0) is 13.4. The second-order valence-electron chi connectivity index (χ2n) is 4.10. The van der Waals surface area contributed by atoms with E-state index in [1.807, 2.05) is 0 Å². The zero-order valence-electron chi connectivity index (χ0n) is 10.6. The van der Waals surface area contributed by atoms with Crippen molar-refractivity contribution in [2.24, 2.45) is 0 Å². The van der Waals surface area contributed by atoms with Crippen molar-refractivity contribution in [3.05, 3.63) is 0 Å². The average Bonchev–Trinajstić information content (AvgIpc) is 2.25. The first-order valence-corrected chi connectivity index (χ1v) is 5.50. The van der Waals surface area contributed by atoms with E-state index in [0.29, 0.717) is 12.8 Å². The molecule has 6 nitrogen and oxygen atoms in total. The van der Waals surface area contributed by atoms with Crippen LogP contribution in [0.3, 0.4) is 0 Å². The molecule has 0 unspecified atom stereocenters. The summed E-state index contributed by atoms with van der Waals surface area (Å²) in [6.07, 6.45) is 1.05. The molecule has 0 aliphatic rings. The zero-order valence-corrected chi connectivity index (χ0v) is 10.6. The van der Waals surface area contributed by atoms with E-state index in [0.717, 1.165) is 0 Å². The van der Waals surface area contributed by atoms with E-state index >= 15 is 0 Å². The molecule has 0 fully saturated rings. The average molecular weight is 244 g/mol. The van der Waals surface area contributed by atoms with E-state index < -0.39 is 5.97 Å². The highest BCUT2D eigenvalue weighted by molar-refractivity contribution is 5.79. The second kappa shape index (κ2) is 7.65. The van der Waals surface area contributed by atoms with Gasteiger partial charge in [0, 0.05) is 40.5 Å². The highest BCUT2D eigenvalue weighted by atomic mass is 16.4. The molecule has 6 heteroatoms. The molecular formula is C11H20N2O4. The lowest BCUT2D eigenvalue weighted by molar-refractivity contribution is -0.138. The van der Waals surface area contributed by atoms with Gasteiger partial charge in [0.1, 0.15) is 0 Å². The third-order valence-corrected chi connectivity index (χ3v) is 2.37. The van der Waals surface area contributed by atoms with Gasteiger partial charge in [-0.25, -0.2) is 0 Å². The van der Waals surface area contributed by atoms with Crippen molar-refractivity contribution in [1.82, 2.24) is 9.80 Å². The number of hydrogen-bond donors (Lipinski definition) is 1. The summed E-state index contributed by atoms with van der Waals surface area (Å²) in [5, 5.41) is 8.47. The molecule has 0 aliphatic heterocycles. The monoisotopic (exact) mass is 244 g/mol. The minimum atomic E-state index is -0.924. The summed E-state index contributed by atoms with van der Waals surface area (Å²) in [6.45, 7) is 0.204. The Kier molecular flexibility index (Phi) is 6.93. The summed E-state index contributed by atoms with van der Waals surface area (Å²) in [5.41, 5.74) is 0. The molecule has 0 saturated carbocycles. The molecule has 0 heterocycles. The van der Waals surface area contributed by atoms with Gasteiger partial charge < -0.3 is 14.9 Å². The first-order chi connectivity index (χ1) is 7.84. The van der Waals surface area contributed by atoms with Crippen molar-refractivity contribution < 1.29 is 19.5 Å². The van der Waals surface area contributed by atoms with Crippen LogP contribution in [0.4, 0.5) is 0 Å². The molecule has 0 aromatic rings.